The molecule has 0 radical (unpaired) electrons. The monoisotopic (exact) mass is 287 g/mol. The molecule has 1 rings (SSSR count). The molecule has 0 atom stereocenters. The fraction of sp³-hybridized carbons (Fsp3) is 0.538. The van der Waals surface area contributed by atoms with Crippen molar-refractivity contribution in [2.45, 2.75) is 12.8 Å². The van der Waals surface area contributed by atoms with Crippen LogP contribution in [0.3, 0.4) is 0 Å². The van der Waals surface area contributed by atoms with Crippen molar-refractivity contribution in [1.29, 1.82) is 0 Å². The van der Waals surface area contributed by atoms with Crippen molar-refractivity contribution < 1.29 is 17.9 Å². The Morgan fingerprint density at radius 1 is 1.32 bits per heavy atom. The second-order valence-electron chi connectivity index (χ2n) is 4.34. The number of benzene rings is 1. The zero-order chi connectivity index (χ0) is 14.3. The third kappa shape index (κ3) is 5.94. The molecule has 0 aliphatic heterocycles. The Bertz CT molecular complexity index is 499. The van der Waals surface area contributed by atoms with Gasteiger partial charge in [0.25, 0.3) is 0 Å². The fourth-order valence-corrected chi connectivity index (χ4v) is 2.32. The molecule has 0 bridgehead atoms. The first kappa shape index (κ1) is 15.8. The van der Waals surface area contributed by atoms with Crippen LogP contribution in [0.4, 0.5) is 0 Å². The van der Waals surface area contributed by atoms with Gasteiger partial charge in [0.05, 0.1) is 19.5 Å². The van der Waals surface area contributed by atoms with E-state index in [4.69, 9.17) is 15.2 Å². The molecule has 6 heteroatoms. The van der Waals surface area contributed by atoms with Gasteiger partial charge in [-0.3, -0.25) is 0 Å². The van der Waals surface area contributed by atoms with E-state index in [0.29, 0.717) is 26.0 Å². The van der Waals surface area contributed by atoms with Gasteiger partial charge in [0, 0.05) is 6.26 Å². The van der Waals surface area contributed by atoms with Crippen molar-refractivity contribution in [3.05, 3.63) is 23.8 Å². The van der Waals surface area contributed by atoms with Gasteiger partial charge >= 0.3 is 0 Å². The standard InChI is InChI=1S/C13H21NO4S/c1-17-12-4-5-13(11(10-12)6-7-14)18-8-3-9-19(2,15)16/h4-5,10H,3,6-9,14H2,1-2H3. The number of methoxy groups -OCH3 is 1. The molecule has 5 nitrogen and oxygen atoms in total. The van der Waals surface area contributed by atoms with Crippen LogP contribution in [0.15, 0.2) is 18.2 Å². The van der Waals surface area contributed by atoms with Crippen LogP contribution in [0.1, 0.15) is 12.0 Å². The van der Waals surface area contributed by atoms with Crippen molar-refractivity contribution in [1.82, 2.24) is 0 Å². The van der Waals surface area contributed by atoms with Gasteiger partial charge in [-0.1, -0.05) is 0 Å². The van der Waals surface area contributed by atoms with Gasteiger partial charge in [0.2, 0.25) is 0 Å². The van der Waals surface area contributed by atoms with Gasteiger partial charge in [-0.2, -0.15) is 0 Å². The van der Waals surface area contributed by atoms with E-state index < -0.39 is 9.84 Å². The first-order valence-corrected chi connectivity index (χ1v) is 8.20. The Kier molecular flexibility index (Phi) is 6.11. The average molecular weight is 287 g/mol. The maximum atomic E-state index is 11.0. The summed E-state index contributed by atoms with van der Waals surface area (Å²) in [5, 5.41) is 0. The molecule has 0 unspecified atom stereocenters. The summed E-state index contributed by atoms with van der Waals surface area (Å²) in [4.78, 5) is 0. The highest BCUT2D eigenvalue weighted by molar-refractivity contribution is 7.90. The smallest absolute Gasteiger partial charge is 0.147 e. The minimum Gasteiger partial charge on any atom is -0.497 e. The third-order valence-corrected chi connectivity index (χ3v) is 3.63. The van der Waals surface area contributed by atoms with E-state index in [1.54, 1.807) is 7.11 Å². The van der Waals surface area contributed by atoms with Crippen LogP contribution in [0.5, 0.6) is 11.5 Å². The van der Waals surface area contributed by atoms with Gasteiger partial charge in [0.15, 0.2) is 0 Å². The van der Waals surface area contributed by atoms with Gasteiger partial charge in [0.1, 0.15) is 21.3 Å². The molecule has 0 saturated carbocycles. The summed E-state index contributed by atoms with van der Waals surface area (Å²) in [6.07, 6.45) is 2.39. The second kappa shape index (κ2) is 7.35. The number of ether oxygens (including phenoxy) is 2. The van der Waals surface area contributed by atoms with E-state index in [0.717, 1.165) is 17.1 Å². The summed E-state index contributed by atoms with van der Waals surface area (Å²) in [6, 6.07) is 5.52. The SMILES string of the molecule is COc1ccc(OCCCS(C)(=O)=O)c(CCN)c1. The Morgan fingerprint density at radius 3 is 2.63 bits per heavy atom. The van der Waals surface area contributed by atoms with Crippen molar-refractivity contribution in [3.8, 4) is 11.5 Å². The van der Waals surface area contributed by atoms with Crippen molar-refractivity contribution >= 4 is 9.84 Å². The fourth-order valence-electron chi connectivity index (χ4n) is 1.68. The van der Waals surface area contributed by atoms with Gasteiger partial charge in [-0.15, -0.1) is 0 Å². The van der Waals surface area contributed by atoms with E-state index in [1.807, 2.05) is 18.2 Å². The highest BCUT2D eigenvalue weighted by Gasteiger charge is 2.06. The van der Waals surface area contributed by atoms with Crippen LogP contribution in [0.2, 0.25) is 0 Å². The highest BCUT2D eigenvalue weighted by Crippen LogP contribution is 2.24. The number of hydrogen-bond donors (Lipinski definition) is 1. The Labute approximate surface area is 114 Å². The maximum Gasteiger partial charge on any atom is 0.147 e. The number of hydrogen-bond acceptors (Lipinski definition) is 5. The van der Waals surface area contributed by atoms with Crippen LogP contribution < -0.4 is 15.2 Å². The molecule has 0 heterocycles. The largest absolute Gasteiger partial charge is 0.497 e. The summed E-state index contributed by atoms with van der Waals surface area (Å²) in [5.41, 5.74) is 6.53. The topological polar surface area (TPSA) is 78.6 Å². The van der Waals surface area contributed by atoms with Crippen molar-refractivity contribution in [2.24, 2.45) is 5.73 Å². The number of nitrogens with two attached hydrogens (primary N) is 1. The summed E-state index contributed by atoms with van der Waals surface area (Å²) in [5.74, 6) is 1.63. The molecule has 2 N–H and O–H groups in total. The summed E-state index contributed by atoms with van der Waals surface area (Å²) in [7, 11) is -1.32. The molecule has 0 aliphatic rings. The molecule has 1 aromatic carbocycles. The predicted molar refractivity (Wildman–Crippen MR) is 75.6 cm³/mol. The number of sulfone groups is 1. The van der Waals surface area contributed by atoms with Crippen LogP contribution >= 0.6 is 0 Å². The molecule has 0 saturated heterocycles. The van der Waals surface area contributed by atoms with Gasteiger partial charge in [-0.25, -0.2) is 8.42 Å². The van der Waals surface area contributed by atoms with E-state index in [2.05, 4.69) is 0 Å². The van der Waals surface area contributed by atoms with E-state index in [-0.39, 0.29) is 5.75 Å². The zero-order valence-electron chi connectivity index (χ0n) is 11.4. The molecule has 0 aromatic heterocycles. The van der Waals surface area contributed by atoms with E-state index >= 15 is 0 Å². The molecule has 108 valence electrons. The normalized spacial score (nSPS) is 11.3. The van der Waals surface area contributed by atoms with Crippen molar-refractivity contribution in [3.63, 3.8) is 0 Å². The van der Waals surface area contributed by atoms with Crippen LogP contribution in [-0.2, 0) is 16.3 Å². The molecule has 19 heavy (non-hydrogen) atoms. The lowest BCUT2D eigenvalue weighted by Crippen LogP contribution is -2.10. The van der Waals surface area contributed by atoms with Crippen LogP contribution in [-0.4, -0.2) is 40.7 Å². The Balaban J connectivity index is 2.61. The Hall–Kier alpha value is -1.27. The first-order valence-electron chi connectivity index (χ1n) is 6.14. The molecule has 0 aliphatic carbocycles. The second-order valence-corrected chi connectivity index (χ2v) is 6.60. The molecular weight excluding hydrogens is 266 g/mol. The quantitative estimate of drug-likeness (QED) is 0.722. The van der Waals surface area contributed by atoms with Crippen LogP contribution in [0, 0.1) is 0 Å². The molecule has 0 fully saturated rings. The number of rotatable bonds is 8. The minimum absolute atomic E-state index is 0.134. The third-order valence-electron chi connectivity index (χ3n) is 2.60. The molecule has 0 amide bonds. The average Bonchev–Trinajstić information content (AvgIpc) is 2.35. The van der Waals surface area contributed by atoms with Gasteiger partial charge in [-0.05, 0) is 43.1 Å². The van der Waals surface area contributed by atoms with Crippen LogP contribution in [0.25, 0.3) is 0 Å². The van der Waals surface area contributed by atoms with Crippen molar-refractivity contribution in [2.75, 3.05) is 32.3 Å². The lowest BCUT2D eigenvalue weighted by atomic mass is 10.1. The van der Waals surface area contributed by atoms with E-state index in [1.165, 1.54) is 6.26 Å². The lowest BCUT2D eigenvalue weighted by Gasteiger charge is -2.12. The maximum absolute atomic E-state index is 11.0. The minimum atomic E-state index is -2.93. The Morgan fingerprint density at radius 2 is 2.05 bits per heavy atom. The first-order chi connectivity index (χ1) is 8.96. The predicted octanol–water partition coefficient (Wildman–Crippen LogP) is 1.01. The highest BCUT2D eigenvalue weighted by atomic mass is 32.2. The summed E-state index contributed by atoms with van der Waals surface area (Å²) in [6.45, 7) is 0.893. The van der Waals surface area contributed by atoms with E-state index in [9.17, 15) is 8.42 Å². The molecule has 1 aromatic rings. The molecule has 0 spiro atoms. The lowest BCUT2D eigenvalue weighted by molar-refractivity contribution is 0.313. The molecular formula is C13H21NO4S. The van der Waals surface area contributed by atoms with Gasteiger partial charge < -0.3 is 15.2 Å². The zero-order valence-corrected chi connectivity index (χ0v) is 12.2. The summed E-state index contributed by atoms with van der Waals surface area (Å²) < 4.78 is 32.8. The summed E-state index contributed by atoms with van der Waals surface area (Å²) >= 11 is 0.